The Morgan fingerprint density at radius 1 is 1.57 bits per heavy atom. The van der Waals surface area contributed by atoms with Gasteiger partial charge in [-0.3, -0.25) is 4.79 Å². The molecule has 4 heteroatoms. The Hall–Kier alpha value is -0.220. The molecule has 0 saturated carbocycles. The van der Waals surface area contributed by atoms with Crippen LogP contribution >= 0.6 is 12.6 Å². The van der Waals surface area contributed by atoms with Gasteiger partial charge in [0, 0.05) is 13.1 Å². The zero-order valence-corrected chi connectivity index (χ0v) is 9.92. The summed E-state index contributed by atoms with van der Waals surface area (Å²) in [5.41, 5.74) is -0.708. The summed E-state index contributed by atoms with van der Waals surface area (Å²) in [4.78, 5) is 13.5. The topological polar surface area (TPSA) is 40.5 Å². The molecule has 3 nitrogen and oxygen atoms in total. The predicted molar refractivity (Wildman–Crippen MR) is 59.4 cm³/mol. The largest absolute Gasteiger partial charge is 0.388 e. The minimum atomic E-state index is -0.708. The van der Waals surface area contributed by atoms with Gasteiger partial charge in [-0.2, -0.15) is 12.6 Å². The molecule has 0 bridgehead atoms. The van der Waals surface area contributed by atoms with Crippen molar-refractivity contribution >= 4 is 18.5 Å². The summed E-state index contributed by atoms with van der Waals surface area (Å²) in [6.07, 6.45) is 0.664. The van der Waals surface area contributed by atoms with E-state index in [1.807, 2.05) is 13.8 Å². The average molecular weight is 217 g/mol. The van der Waals surface area contributed by atoms with Gasteiger partial charge in [-0.05, 0) is 19.3 Å². The lowest BCUT2D eigenvalue weighted by atomic mass is 10.1. The Balaban J connectivity index is 2.56. The lowest BCUT2D eigenvalue weighted by molar-refractivity contribution is -0.131. The van der Waals surface area contributed by atoms with Gasteiger partial charge in [0.15, 0.2) is 0 Å². The third kappa shape index (κ3) is 2.64. The van der Waals surface area contributed by atoms with Crippen LogP contribution in [-0.4, -0.2) is 39.9 Å². The minimum absolute atomic E-state index is 0.0427. The van der Waals surface area contributed by atoms with E-state index in [-0.39, 0.29) is 17.1 Å². The van der Waals surface area contributed by atoms with Crippen molar-refractivity contribution in [2.75, 3.05) is 13.1 Å². The smallest absolute Gasteiger partial charge is 0.235 e. The molecule has 1 fully saturated rings. The first kappa shape index (κ1) is 11.9. The summed E-state index contributed by atoms with van der Waals surface area (Å²) >= 11 is 4.28. The summed E-state index contributed by atoms with van der Waals surface area (Å²) < 4.78 is 0. The van der Waals surface area contributed by atoms with Crippen LogP contribution in [0.25, 0.3) is 0 Å². The van der Waals surface area contributed by atoms with E-state index >= 15 is 0 Å². The first-order chi connectivity index (χ1) is 6.33. The quantitative estimate of drug-likeness (QED) is 0.675. The van der Waals surface area contributed by atoms with Crippen LogP contribution in [0.5, 0.6) is 0 Å². The molecule has 0 spiro atoms. The molecule has 0 aromatic heterocycles. The number of nitrogens with zero attached hydrogens (tertiary/aromatic N) is 1. The Labute approximate surface area is 90.9 Å². The molecular formula is C10H19NO2S. The number of amides is 1. The molecule has 1 aliphatic rings. The fourth-order valence-electron chi connectivity index (χ4n) is 1.61. The van der Waals surface area contributed by atoms with Crippen LogP contribution in [0.3, 0.4) is 0 Å². The van der Waals surface area contributed by atoms with E-state index in [1.54, 1.807) is 11.8 Å². The van der Waals surface area contributed by atoms with Crippen LogP contribution in [0.4, 0.5) is 0 Å². The summed E-state index contributed by atoms with van der Waals surface area (Å²) in [6.45, 7) is 6.81. The van der Waals surface area contributed by atoms with E-state index < -0.39 is 5.60 Å². The van der Waals surface area contributed by atoms with Crippen molar-refractivity contribution in [2.24, 2.45) is 5.92 Å². The number of β-amino-alcohol motifs (C(OH)–C–C–N with tert-alkyl or cyclic N) is 1. The molecule has 0 aromatic carbocycles. The van der Waals surface area contributed by atoms with Crippen molar-refractivity contribution in [1.82, 2.24) is 4.90 Å². The monoisotopic (exact) mass is 217 g/mol. The zero-order chi connectivity index (χ0) is 10.9. The molecule has 0 aromatic rings. The summed E-state index contributed by atoms with van der Waals surface area (Å²) in [6, 6.07) is 0. The highest BCUT2D eigenvalue weighted by Gasteiger charge is 2.36. The van der Waals surface area contributed by atoms with Gasteiger partial charge in [-0.1, -0.05) is 13.8 Å². The van der Waals surface area contributed by atoms with E-state index in [0.29, 0.717) is 19.5 Å². The van der Waals surface area contributed by atoms with E-state index in [2.05, 4.69) is 12.6 Å². The molecule has 0 aliphatic carbocycles. The molecular weight excluding hydrogens is 198 g/mol. The predicted octanol–water partition coefficient (Wildman–Crippen LogP) is 0.924. The maximum Gasteiger partial charge on any atom is 0.235 e. The van der Waals surface area contributed by atoms with Crippen LogP contribution in [-0.2, 0) is 4.79 Å². The number of rotatable bonds is 2. The highest BCUT2D eigenvalue weighted by atomic mass is 32.1. The zero-order valence-electron chi connectivity index (χ0n) is 9.03. The van der Waals surface area contributed by atoms with Crippen molar-refractivity contribution in [1.29, 1.82) is 0 Å². The second kappa shape index (κ2) is 4.11. The fourth-order valence-corrected chi connectivity index (χ4v) is 1.77. The van der Waals surface area contributed by atoms with Gasteiger partial charge in [-0.25, -0.2) is 0 Å². The number of hydrogen-bond acceptors (Lipinski definition) is 3. The van der Waals surface area contributed by atoms with Crippen molar-refractivity contribution in [3.63, 3.8) is 0 Å². The van der Waals surface area contributed by atoms with Crippen molar-refractivity contribution in [3.8, 4) is 0 Å². The maximum atomic E-state index is 11.8. The van der Waals surface area contributed by atoms with E-state index in [9.17, 15) is 9.90 Å². The first-order valence-corrected chi connectivity index (χ1v) is 5.54. The number of thiol groups is 1. The second-order valence-corrected chi connectivity index (χ2v) is 5.25. The molecule has 1 aliphatic heterocycles. The Morgan fingerprint density at radius 2 is 2.14 bits per heavy atom. The van der Waals surface area contributed by atoms with Gasteiger partial charge in [0.25, 0.3) is 0 Å². The first-order valence-electron chi connectivity index (χ1n) is 5.03. The molecule has 1 amide bonds. The van der Waals surface area contributed by atoms with Crippen molar-refractivity contribution in [3.05, 3.63) is 0 Å². The summed E-state index contributed by atoms with van der Waals surface area (Å²) in [5.74, 6) is 0.275. The van der Waals surface area contributed by atoms with E-state index in [0.717, 1.165) is 0 Å². The fraction of sp³-hybridized carbons (Fsp3) is 0.900. The molecule has 1 rings (SSSR count). The molecule has 1 saturated heterocycles. The van der Waals surface area contributed by atoms with E-state index in [4.69, 9.17) is 0 Å². The van der Waals surface area contributed by atoms with Crippen LogP contribution in [0.1, 0.15) is 27.2 Å². The van der Waals surface area contributed by atoms with Gasteiger partial charge in [-0.15, -0.1) is 0 Å². The molecule has 1 N–H and O–H groups in total. The lowest BCUT2D eigenvalue weighted by Crippen LogP contribution is -2.39. The molecule has 1 heterocycles. The normalized spacial score (nSPS) is 29.7. The number of hydrogen-bond donors (Lipinski definition) is 2. The van der Waals surface area contributed by atoms with Crippen LogP contribution in [0, 0.1) is 5.92 Å². The molecule has 14 heavy (non-hydrogen) atoms. The Bertz CT molecular complexity index is 228. The maximum absolute atomic E-state index is 11.8. The van der Waals surface area contributed by atoms with Gasteiger partial charge >= 0.3 is 0 Å². The van der Waals surface area contributed by atoms with Crippen LogP contribution in [0.2, 0.25) is 0 Å². The highest BCUT2D eigenvalue weighted by molar-refractivity contribution is 7.81. The average Bonchev–Trinajstić information content (AvgIpc) is 2.43. The van der Waals surface area contributed by atoms with Gasteiger partial charge in [0.05, 0.1) is 10.9 Å². The second-order valence-electron chi connectivity index (χ2n) is 4.70. The molecule has 2 unspecified atom stereocenters. The molecule has 0 radical (unpaired) electrons. The SMILES string of the molecule is CC(C)C(S)C(=O)N1CCC(C)(O)C1. The van der Waals surface area contributed by atoms with Gasteiger partial charge in [0.1, 0.15) is 0 Å². The van der Waals surface area contributed by atoms with Crippen molar-refractivity contribution < 1.29 is 9.90 Å². The van der Waals surface area contributed by atoms with Crippen LogP contribution < -0.4 is 0 Å². The summed E-state index contributed by atoms with van der Waals surface area (Å²) in [7, 11) is 0. The molecule has 2 atom stereocenters. The van der Waals surface area contributed by atoms with Gasteiger partial charge in [0.2, 0.25) is 5.91 Å². The Kier molecular flexibility index (Phi) is 3.48. The summed E-state index contributed by atoms with van der Waals surface area (Å²) in [5, 5.41) is 9.47. The minimum Gasteiger partial charge on any atom is -0.388 e. The molecule has 82 valence electrons. The number of carbonyl (C=O) groups is 1. The highest BCUT2D eigenvalue weighted by Crippen LogP contribution is 2.23. The number of likely N-dealkylation sites (tertiary alicyclic amines) is 1. The van der Waals surface area contributed by atoms with E-state index in [1.165, 1.54) is 0 Å². The standard InChI is InChI=1S/C10H19NO2S/c1-7(2)8(14)9(12)11-5-4-10(3,13)6-11/h7-8,13-14H,4-6H2,1-3H3. The van der Waals surface area contributed by atoms with Crippen molar-refractivity contribution in [2.45, 2.75) is 38.0 Å². The number of aliphatic hydroxyl groups is 1. The number of carbonyl (C=O) groups excluding carboxylic acids is 1. The third-order valence-electron chi connectivity index (χ3n) is 2.65. The Morgan fingerprint density at radius 3 is 2.50 bits per heavy atom. The third-order valence-corrected chi connectivity index (χ3v) is 3.47. The lowest BCUT2D eigenvalue weighted by Gasteiger charge is -2.23. The van der Waals surface area contributed by atoms with Gasteiger partial charge < -0.3 is 10.0 Å². The van der Waals surface area contributed by atoms with Crippen LogP contribution in [0.15, 0.2) is 0 Å².